The summed E-state index contributed by atoms with van der Waals surface area (Å²) in [7, 11) is 0. The zero-order valence-electron chi connectivity index (χ0n) is 14.8. The van der Waals surface area contributed by atoms with E-state index in [2.05, 4.69) is 5.32 Å². The number of hydrogen-bond acceptors (Lipinski definition) is 4. The van der Waals surface area contributed by atoms with Crippen LogP contribution in [-0.4, -0.2) is 16.7 Å². The Labute approximate surface area is 156 Å². The fraction of sp³-hybridized carbons (Fsp3) is 0.0909. The smallest absolute Gasteiger partial charge is 0.278 e. The van der Waals surface area contributed by atoms with Gasteiger partial charge in [-0.15, -0.1) is 0 Å². The number of hydrogen-bond donors (Lipinski definition) is 1. The van der Waals surface area contributed by atoms with Gasteiger partial charge in [0.2, 0.25) is 0 Å². The minimum Gasteiger partial charge on any atom is -0.467 e. The Morgan fingerprint density at radius 2 is 1.63 bits per heavy atom. The summed E-state index contributed by atoms with van der Waals surface area (Å²) in [5.41, 5.74) is 3.14. The summed E-state index contributed by atoms with van der Waals surface area (Å²) in [6.45, 7) is 2.05. The Bertz CT molecular complexity index is 1020. The highest BCUT2D eigenvalue weighted by Crippen LogP contribution is 2.32. The third-order valence-electron chi connectivity index (χ3n) is 4.53. The van der Waals surface area contributed by atoms with Crippen molar-refractivity contribution in [1.29, 1.82) is 0 Å². The quantitative estimate of drug-likeness (QED) is 0.701. The van der Waals surface area contributed by atoms with Crippen LogP contribution in [0.1, 0.15) is 16.9 Å². The second-order valence-corrected chi connectivity index (χ2v) is 6.33. The number of amides is 2. The molecule has 0 fully saturated rings. The van der Waals surface area contributed by atoms with E-state index in [1.807, 2.05) is 61.5 Å². The summed E-state index contributed by atoms with van der Waals surface area (Å²) in [6, 6.07) is 20.4. The molecule has 1 aliphatic heterocycles. The Hall–Kier alpha value is -3.60. The third-order valence-corrected chi connectivity index (χ3v) is 4.53. The fourth-order valence-electron chi connectivity index (χ4n) is 3.11. The van der Waals surface area contributed by atoms with E-state index in [1.54, 1.807) is 12.1 Å². The van der Waals surface area contributed by atoms with Crippen LogP contribution in [0.5, 0.6) is 0 Å². The van der Waals surface area contributed by atoms with Gasteiger partial charge in [0.15, 0.2) is 0 Å². The lowest BCUT2D eigenvalue weighted by Crippen LogP contribution is -2.31. The molecule has 5 heteroatoms. The van der Waals surface area contributed by atoms with Crippen LogP contribution in [0.15, 0.2) is 83.1 Å². The summed E-state index contributed by atoms with van der Waals surface area (Å²) in [5.74, 6) is -0.140. The second kappa shape index (κ2) is 6.96. The molecule has 1 aromatic heterocycles. The van der Waals surface area contributed by atoms with Gasteiger partial charge in [-0.3, -0.25) is 14.5 Å². The van der Waals surface area contributed by atoms with Crippen molar-refractivity contribution in [3.63, 3.8) is 0 Å². The zero-order chi connectivity index (χ0) is 18.8. The van der Waals surface area contributed by atoms with Crippen molar-refractivity contribution in [3.05, 3.63) is 95.6 Å². The number of carbonyl (C=O) groups is 2. The highest BCUT2D eigenvalue weighted by Gasteiger charge is 2.39. The Morgan fingerprint density at radius 3 is 2.33 bits per heavy atom. The van der Waals surface area contributed by atoms with Crippen molar-refractivity contribution in [2.75, 3.05) is 5.32 Å². The highest BCUT2D eigenvalue weighted by molar-refractivity contribution is 6.36. The van der Waals surface area contributed by atoms with Gasteiger partial charge >= 0.3 is 0 Å². The molecule has 5 nitrogen and oxygen atoms in total. The lowest BCUT2D eigenvalue weighted by atomic mass is 10.0. The highest BCUT2D eigenvalue weighted by atomic mass is 16.3. The van der Waals surface area contributed by atoms with Gasteiger partial charge in [-0.2, -0.15) is 0 Å². The average Bonchev–Trinajstić information content (AvgIpc) is 3.27. The van der Waals surface area contributed by atoms with Crippen molar-refractivity contribution in [1.82, 2.24) is 4.90 Å². The average molecular weight is 358 g/mol. The molecule has 0 unspecified atom stereocenters. The normalized spacial score (nSPS) is 14.2. The largest absolute Gasteiger partial charge is 0.467 e. The summed E-state index contributed by atoms with van der Waals surface area (Å²) in [6.07, 6.45) is 1.53. The topological polar surface area (TPSA) is 62.6 Å². The van der Waals surface area contributed by atoms with Gasteiger partial charge in [-0.25, -0.2) is 0 Å². The number of furan rings is 1. The minimum absolute atomic E-state index is 0.0972. The number of anilines is 1. The standard InChI is InChI=1S/C22H18N2O3/c1-15-8-5-6-12-18(15)23-20-19(16-9-3-2-4-10-16)21(25)24(22(20)26)14-17-11-7-13-27-17/h2-13,23H,14H2,1H3. The monoisotopic (exact) mass is 358 g/mol. The molecule has 4 rings (SSSR count). The molecular weight excluding hydrogens is 340 g/mol. The molecule has 0 aliphatic carbocycles. The van der Waals surface area contributed by atoms with Gasteiger partial charge in [0.1, 0.15) is 11.5 Å². The molecule has 0 radical (unpaired) electrons. The molecule has 1 aliphatic rings. The van der Waals surface area contributed by atoms with Crippen LogP contribution in [0.2, 0.25) is 0 Å². The van der Waals surface area contributed by atoms with E-state index in [-0.39, 0.29) is 24.1 Å². The Balaban J connectivity index is 1.76. The predicted octanol–water partition coefficient (Wildman–Crippen LogP) is 3.98. The number of benzene rings is 2. The first-order valence-electron chi connectivity index (χ1n) is 8.66. The number of carbonyl (C=O) groups excluding carboxylic acids is 2. The third kappa shape index (κ3) is 3.15. The number of aryl methyl sites for hydroxylation is 1. The second-order valence-electron chi connectivity index (χ2n) is 6.33. The van der Waals surface area contributed by atoms with Crippen molar-refractivity contribution in [2.24, 2.45) is 0 Å². The van der Waals surface area contributed by atoms with E-state index in [0.717, 1.165) is 11.3 Å². The molecule has 2 heterocycles. The zero-order valence-corrected chi connectivity index (χ0v) is 14.8. The van der Waals surface area contributed by atoms with Gasteiger partial charge in [0.05, 0.1) is 18.4 Å². The number of imide groups is 1. The molecule has 0 atom stereocenters. The number of nitrogens with zero attached hydrogens (tertiary/aromatic N) is 1. The van der Waals surface area contributed by atoms with Gasteiger partial charge in [-0.1, -0.05) is 48.5 Å². The SMILES string of the molecule is Cc1ccccc1NC1=C(c2ccccc2)C(=O)N(Cc2ccco2)C1=O. The van der Waals surface area contributed by atoms with E-state index < -0.39 is 0 Å². The first-order valence-corrected chi connectivity index (χ1v) is 8.66. The Kier molecular flexibility index (Phi) is 4.34. The van der Waals surface area contributed by atoms with E-state index in [1.165, 1.54) is 11.2 Å². The molecule has 3 aromatic rings. The summed E-state index contributed by atoms with van der Waals surface area (Å²) in [4.78, 5) is 27.4. The Morgan fingerprint density at radius 1 is 0.889 bits per heavy atom. The number of para-hydroxylation sites is 1. The summed E-state index contributed by atoms with van der Waals surface area (Å²) in [5, 5.41) is 3.18. The molecule has 1 N–H and O–H groups in total. The van der Waals surface area contributed by atoms with Crippen molar-refractivity contribution in [2.45, 2.75) is 13.5 Å². The summed E-state index contributed by atoms with van der Waals surface area (Å²) < 4.78 is 5.32. The molecule has 134 valence electrons. The van der Waals surface area contributed by atoms with Crippen LogP contribution in [0, 0.1) is 6.92 Å². The van der Waals surface area contributed by atoms with Crippen LogP contribution in [-0.2, 0) is 16.1 Å². The van der Waals surface area contributed by atoms with Crippen LogP contribution >= 0.6 is 0 Å². The molecule has 0 saturated heterocycles. The molecule has 27 heavy (non-hydrogen) atoms. The molecule has 2 aromatic carbocycles. The first-order chi connectivity index (χ1) is 13.1. The van der Waals surface area contributed by atoms with Crippen LogP contribution < -0.4 is 5.32 Å². The maximum absolute atomic E-state index is 13.1. The van der Waals surface area contributed by atoms with Crippen LogP contribution in [0.25, 0.3) is 5.57 Å². The van der Waals surface area contributed by atoms with E-state index in [0.29, 0.717) is 16.9 Å². The maximum Gasteiger partial charge on any atom is 0.278 e. The van der Waals surface area contributed by atoms with Crippen molar-refractivity contribution in [3.8, 4) is 0 Å². The maximum atomic E-state index is 13.1. The van der Waals surface area contributed by atoms with Crippen molar-refractivity contribution < 1.29 is 14.0 Å². The van der Waals surface area contributed by atoms with Crippen LogP contribution in [0.3, 0.4) is 0 Å². The number of rotatable bonds is 5. The van der Waals surface area contributed by atoms with E-state index >= 15 is 0 Å². The lowest BCUT2D eigenvalue weighted by Gasteiger charge is -2.14. The molecule has 0 saturated carbocycles. The first kappa shape index (κ1) is 16.8. The number of nitrogens with one attached hydrogen (secondary N) is 1. The lowest BCUT2D eigenvalue weighted by molar-refractivity contribution is -0.137. The molecule has 0 bridgehead atoms. The van der Waals surface area contributed by atoms with Gasteiger partial charge < -0.3 is 9.73 Å². The van der Waals surface area contributed by atoms with E-state index in [9.17, 15) is 9.59 Å². The molecule has 2 amide bonds. The molecular formula is C22H18N2O3. The van der Waals surface area contributed by atoms with Crippen molar-refractivity contribution >= 4 is 23.1 Å². The van der Waals surface area contributed by atoms with Crippen LogP contribution in [0.4, 0.5) is 5.69 Å². The van der Waals surface area contributed by atoms with E-state index in [4.69, 9.17) is 4.42 Å². The minimum atomic E-state index is -0.362. The fourth-order valence-corrected chi connectivity index (χ4v) is 3.11. The van der Waals surface area contributed by atoms with Gasteiger partial charge in [-0.05, 0) is 36.2 Å². The summed E-state index contributed by atoms with van der Waals surface area (Å²) >= 11 is 0. The van der Waals surface area contributed by atoms with Gasteiger partial charge in [0, 0.05) is 5.69 Å². The molecule has 0 spiro atoms. The van der Waals surface area contributed by atoms with Gasteiger partial charge in [0.25, 0.3) is 11.8 Å². The predicted molar refractivity (Wildman–Crippen MR) is 102 cm³/mol.